The van der Waals surface area contributed by atoms with Crippen LogP contribution >= 0.6 is 0 Å². The summed E-state index contributed by atoms with van der Waals surface area (Å²) in [6.07, 6.45) is 2.84. The van der Waals surface area contributed by atoms with Crippen molar-refractivity contribution in [2.24, 2.45) is 5.41 Å². The second kappa shape index (κ2) is 5.54. The van der Waals surface area contributed by atoms with Crippen LogP contribution < -0.4 is 10.1 Å². The van der Waals surface area contributed by atoms with Gasteiger partial charge in [0.25, 0.3) is 0 Å². The van der Waals surface area contributed by atoms with Gasteiger partial charge in [0.2, 0.25) is 0 Å². The minimum atomic E-state index is 0.265. The number of aryl methyl sites for hydroxylation is 1. The molecular weight excluding hydrogens is 214 g/mol. The molecular formula is C13H25N3O. The zero-order chi connectivity index (χ0) is 13.1. The van der Waals surface area contributed by atoms with Crippen LogP contribution in [0.15, 0.2) is 6.20 Å². The van der Waals surface area contributed by atoms with Crippen molar-refractivity contribution in [3.63, 3.8) is 0 Å². The Labute approximate surface area is 104 Å². The maximum absolute atomic E-state index is 5.40. The molecule has 0 spiro atoms. The lowest BCUT2D eigenvalue weighted by Gasteiger charge is -2.26. The largest absolute Gasteiger partial charge is 0.493 e. The Morgan fingerprint density at radius 2 is 2.12 bits per heavy atom. The topological polar surface area (TPSA) is 39.1 Å². The van der Waals surface area contributed by atoms with Gasteiger partial charge in [-0.2, -0.15) is 5.10 Å². The first kappa shape index (κ1) is 14.0. The van der Waals surface area contributed by atoms with Gasteiger partial charge in [-0.05, 0) is 25.8 Å². The smallest absolute Gasteiger partial charge is 0.161 e. The van der Waals surface area contributed by atoms with Crippen LogP contribution in [0, 0.1) is 5.41 Å². The Hall–Kier alpha value is -1.03. The molecule has 0 bridgehead atoms. The SMILES string of the molecule is CCn1ncc(OC)c1C(CC(C)(C)C)NC. The van der Waals surface area contributed by atoms with Crippen LogP contribution in [0.3, 0.4) is 0 Å². The molecule has 0 fully saturated rings. The normalized spacial score (nSPS) is 13.8. The molecule has 0 amide bonds. The molecule has 1 atom stereocenters. The predicted molar refractivity (Wildman–Crippen MR) is 70.3 cm³/mol. The number of rotatable bonds is 5. The zero-order valence-electron chi connectivity index (χ0n) is 11.9. The number of ether oxygens (including phenoxy) is 1. The lowest BCUT2D eigenvalue weighted by molar-refractivity contribution is 0.303. The molecule has 1 N–H and O–H groups in total. The van der Waals surface area contributed by atoms with Gasteiger partial charge in [0.1, 0.15) is 0 Å². The van der Waals surface area contributed by atoms with E-state index in [9.17, 15) is 0 Å². The van der Waals surface area contributed by atoms with Gasteiger partial charge >= 0.3 is 0 Å². The van der Waals surface area contributed by atoms with E-state index in [1.54, 1.807) is 13.3 Å². The zero-order valence-corrected chi connectivity index (χ0v) is 11.9. The van der Waals surface area contributed by atoms with Crippen LogP contribution in [0.4, 0.5) is 0 Å². The summed E-state index contributed by atoms with van der Waals surface area (Å²) in [5, 5.41) is 7.73. The minimum absolute atomic E-state index is 0.265. The molecule has 0 aliphatic rings. The molecule has 4 heteroatoms. The van der Waals surface area contributed by atoms with Crippen LogP contribution in [0.2, 0.25) is 0 Å². The summed E-state index contributed by atoms with van der Waals surface area (Å²) in [5.74, 6) is 0.871. The number of hydrogen-bond acceptors (Lipinski definition) is 3. The van der Waals surface area contributed by atoms with E-state index in [2.05, 4.69) is 38.1 Å². The maximum atomic E-state index is 5.40. The second-order valence-electron chi connectivity index (χ2n) is 5.52. The number of hydrogen-bond donors (Lipinski definition) is 1. The van der Waals surface area contributed by atoms with Crippen LogP contribution in [0.5, 0.6) is 5.75 Å². The van der Waals surface area contributed by atoms with Gasteiger partial charge in [0, 0.05) is 6.54 Å². The third-order valence-corrected chi connectivity index (χ3v) is 2.86. The molecule has 17 heavy (non-hydrogen) atoms. The first-order chi connectivity index (χ1) is 7.92. The third kappa shape index (κ3) is 3.46. The molecule has 0 aliphatic carbocycles. The highest BCUT2D eigenvalue weighted by molar-refractivity contribution is 5.28. The summed E-state index contributed by atoms with van der Waals surface area (Å²) in [5.41, 5.74) is 1.41. The Morgan fingerprint density at radius 1 is 1.47 bits per heavy atom. The van der Waals surface area contributed by atoms with Gasteiger partial charge in [-0.3, -0.25) is 4.68 Å². The predicted octanol–water partition coefficient (Wildman–Crippen LogP) is 2.61. The van der Waals surface area contributed by atoms with E-state index in [1.165, 1.54) is 0 Å². The second-order valence-corrected chi connectivity index (χ2v) is 5.52. The number of aromatic nitrogens is 2. The van der Waals surface area contributed by atoms with E-state index in [0.29, 0.717) is 0 Å². The molecule has 98 valence electrons. The molecule has 1 unspecified atom stereocenters. The van der Waals surface area contributed by atoms with E-state index in [-0.39, 0.29) is 11.5 Å². The van der Waals surface area contributed by atoms with Crippen molar-refractivity contribution in [2.45, 2.75) is 46.7 Å². The summed E-state index contributed by atoms with van der Waals surface area (Å²) in [4.78, 5) is 0. The molecule has 1 heterocycles. The molecule has 0 aliphatic heterocycles. The highest BCUT2D eigenvalue weighted by Gasteiger charge is 2.25. The fourth-order valence-corrected chi connectivity index (χ4v) is 2.09. The van der Waals surface area contributed by atoms with E-state index >= 15 is 0 Å². The Balaban J connectivity index is 3.05. The van der Waals surface area contributed by atoms with Crippen LogP contribution in [-0.2, 0) is 6.54 Å². The molecule has 0 aromatic carbocycles. The lowest BCUT2D eigenvalue weighted by Crippen LogP contribution is -2.25. The standard InChI is InChI=1S/C13H25N3O/c1-7-16-12(11(17-6)9-15-16)10(14-5)8-13(2,3)4/h9-10,14H,7-8H2,1-6H3. The number of methoxy groups -OCH3 is 1. The molecule has 1 aromatic heterocycles. The number of nitrogens with zero attached hydrogens (tertiary/aromatic N) is 2. The summed E-state index contributed by atoms with van der Waals surface area (Å²) in [6, 6.07) is 0.271. The first-order valence-electron chi connectivity index (χ1n) is 6.20. The van der Waals surface area contributed by atoms with Crippen molar-refractivity contribution in [3.05, 3.63) is 11.9 Å². The van der Waals surface area contributed by atoms with Crippen molar-refractivity contribution in [2.75, 3.05) is 14.2 Å². The fourth-order valence-electron chi connectivity index (χ4n) is 2.09. The fraction of sp³-hybridized carbons (Fsp3) is 0.769. The Morgan fingerprint density at radius 3 is 2.53 bits per heavy atom. The summed E-state index contributed by atoms with van der Waals surface area (Å²) < 4.78 is 7.41. The first-order valence-corrected chi connectivity index (χ1v) is 6.20. The van der Waals surface area contributed by atoms with E-state index in [0.717, 1.165) is 24.4 Å². The van der Waals surface area contributed by atoms with E-state index in [4.69, 9.17) is 4.74 Å². The maximum Gasteiger partial charge on any atom is 0.161 e. The van der Waals surface area contributed by atoms with Crippen LogP contribution in [0.1, 0.15) is 45.9 Å². The molecule has 0 saturated carbocycles. The quantitative estimate of drug-likeness (QED) is 0.858. The van der Waals surface area contributed by atoms with Crippen molar-refractivity contribution >= 4 is 0 Å². The third-order valence-electron chi connectivity index (χ3n) is 2.86. The molecule has 1 aromatic rings. The van der Waals surface area contributed by atoms with Crippen LogP contribution in [0.25, 0.3) is 0 Å². The summed E-state index contributed by atoms with van der Waals surface area (Å²) in [6.45, 7) is 9.70. The van der Waals surface area contributed by atoms with Crippen molar-refractivity contribution < 1.29 is 4.74 Å². The minimum Gasteiger partial charge on any atom is -0.493 e. The van der Waals surface area contributed by atoms with Gasteiger partial charge in [0.15, 0.2) is 5.75 Å². The molecule has 0 radical (unpaired) electrons. The molecule has 0 saturated heterocycles. The Bertz CT molecular complexity index is 331. The monoisotopic (exact) mass is 239 g/mol. The number of nitrogens with one attached hydrogen (secondary N) is 1. The van der Waals surface area contributed by atoms with Gasteiger partial charge in [0.05, 0.1) is 25.0 Å². The van der Waals surface area contributed by atoms with Crippen molar-refractivity contribution in [1.29, 1.82) is 0 Å². The average Bonchev–Trinajstić information content (AvgIpc) is 2.67. The highest BCUT2D eigenvalue weighted by Crippen LogP contribution is 2.33. The van der Waals surface area contributed by atoms with E-state index < -0.39 is 0 Å². The van der Waals surface area contributed by atoms with Gasteiger partial charge in [-0.25, -0.2) is 0 Å². The molecule has 1 rings (SSSR count). The highest BCUT2D eigenvalue weighted by atomic mass is 16.5. The van der Waals surface area contributed by atoms with E-state index in [1.807, 2.05) is 11.7 Å². The van der Waals surface area contributed by atoms with Gasteiger partial charge in [-0.1, -0.05) is 20.8 Å². The molecule has 4 nitrogen and oxygen atoms in total. The Kier molecular flexibility index (Phi) is 4.57. The summed E-state index contributed by atoms with van der Waals surface area (Å²) >= 11 is 0. The van der Waals surface area contributed by atoms with Crippen molar-refractivity contribution in [3.8, 4) is 5.75 Å². The van der Waals surface area contributed by atoms with Crippen molar-refractivity contribution in [1.82, 2.24) is 15.1 Å². The lowest BCUT2D eigenvalue weighted by atomic mass is 9.87. The van der Waals surface area contributed by atoms with Gasteiger partial charge < -0.3 is 10.1 Å². The van der Waals surface area contributed by atoms with Gasteiger partial charge in [-0.15, -0.1) is 0 Å². The average molecular weight is 239 g/mol. The summed E-state index contributed by atoms with van der Waals surface area (Å²) in [7, 11) is 3.69. The van der Waals surface area contributed by atoms with Crippen LogP contribution in [-0.4, -0.2) is 23.9 Å².